The third kappa shape index (κ3) is 3.40. The highest BCUT2D eigenvalue weighted by Crippen LogP contribution is 2.25. The van der Waals surface area contributed by atoms with E-state index in [1.165, 1.54) is 25.7 Å². The smallest absolute Gasteiger partial charge is 0.0675 e. The summed E-state index contributed by atoms with van der Waals surface area (Å²) in [6, 6.07) is 0. The maximum absolute atomic E-state index is 5.72. The highest BCUT2D eigenvalue weighted by atomic mass is 16.5. The van der Waals surface area contributed by atoms with Crippen LogP contribution >= 0.6 is 0 Å². The van der Waals surface area contributed by atoms with Gasteiger partial charge in [0.1, 0.15) is 0 Å². The molecular formula is C11H20O. The zero-order valence-electron chi connectivity index (χ0n) is 8.31. The standard InChI is InChI=1S/C11H20O/c1-9(2)8-12-11-6-4-5-10(3)7-11/h10-11H,1,4-8H2,2-3H3. The third-order valence-corrected chi connectivity index (χ3v) is 2.45. The predicted molar refractivity (Wildman–Crippen MR) is 52.2 cm³/mol. The molecule has 1 fully saturated rings. The summed E-state index contributed by atoms with van der Waals surface area (Å²) in [7, 11) is 0. The Labute approximate surface area is 75.8 Å². The fourth-order valence-electron chi connectivity index (χ4n) is 1.79. The van der Waals surface area contributed by atoms with Gasteiger partial charge in [0, 0.05) is 0 Å². The van der Waals surface area contributed by atoms with Crippen molar-refractivity contribution in [3.63, 3.8) is 0 Å². The molecule has 0 radical (unpaired) electrons. The molecule has 1 saturated carbocycles. The first-order chi connectivity index (χ1) is 5.68. The summed E-state index contributed by atoms with van der Waals surface area (Å²) in [5.41, 5.74) is 1.13. The fraction of sp³-hybridized carbons (Fsp3) is 0.818. The van der Waals surface area contributed by atoms with Crippen LogP contribution < -0.4 is 0 Å². The lowest BCUT2D eigenvalue weighted by molar-refractivity contribution is 0.0287. The van der Waals surface area contributed by atoms with Crippen molar-refractivity contribution in [2.75, 3.05) is 6.61 Å². The Morgan fingerprint density at radius 2 is 2.25 bits per heavy atom. The summed E-state index contributed by atoms with van der Waals surface area (Å²) in [5, 5.41) is 0. The Kier molecular flexibility index (Phi) is 3.80. The van der Waals surface area contributed by atoms with Crippen molar-refractivity contribution in [1.29, 1.82) is 0 Å². The van der Waals surface area contributed by atoms with Gasteiger partial charge in [-0.3, -0.25) is 0 Å². The summed E-state index contributed by atoms with van der Waals surface area (Å²) >= 11 is 0. The van der Waals surface area contributed by atoms with Gasteiger partial charge in [0.15, 0.2) is 0 Å². The molecule has 70 valence electrons. The average Bonchev–Trinajstić information content (AvgIpc) is 2.01. The molecule has 1 heteroatoms. The lowest BCUT2D eigenvalue weighted by atomic mass is 9.89. The van der Waals surface area contributed by atoms with E-state index in [1.54, 1.807) is 0 Å². The van der Waals surface area contributed by atoms with E-state index in [1.807, 2.05) is 6.92 Å². The average molecular weight is 168 g/mol. The quantitative estimate of drug-likeness (QED) is 0.588. The largest absolute Gasteiger partial charge is 0.374 e. The number of hydrogen-bond acceptors (Lipinski definition) is 1. The van der Waals surface area contributed by atoms with E-state index < -0.39 is 0 Å². The Balaban J connectivity index is 2.18. The second-order valence-corrected chi connectivity index (χ2v) is 4.16. The maximum Gasteiger partial charge on any atom is 0.0675 e. The molecule has 0 bridgehead atoms. The molecule has 0 saturated heterocycles. The van der Waals surface area contributed by atoms with E-state index in [4.69, 9.17) is 4.74 Å². The molecule has 1 nitrogen and oxygen atoms in total. The summed E-state index contributed by atoms with van der Waals surface area (Å²) in [6.07, 6.45) is 5.71. The van der Waals surface area contributed by atoms with Crippen molar-refractivity contribution >= 4 is 0 Å². The molecule has 0 spiro atoms. The number of ether oxygens (including phenoxy) is 1. The van der Waals surface area contributed by atoms with Crippen LogP contribution in [-0.2, 0) is 4.74 Å². The van der Waals surface area contributed by atoms with Gasteiger partial charge in [-0.2, -0.15) is 0 Å². The Bertz CT molecular complexity index is 151. The van der Waals surface area contributed by atoms with Gasteiger partial charge in [0.25, 0.3) is 0 Å². The fourth-order valence-corrected chi connectivity index (χ4v) is 1.79. The van der Waals surface area contributed by atoms with E-state index in [0.29, 0.717) is 6.10 Å². The van der Waals surface area contributed by atoms with E-state index >= 15 is 0 Å². The molecule has 1 aliphatic rings. The van der Waals surface area contributed by atoms with Gasteiger partial charge in [0.05, 0.1) is 12.7 Å². The molecule has 0 aromatic carbocycles. The maximum atomic E-state index is 5.72. The van der Waals surface area contributed by atoms with Crippen LogP contribution in [0.25, 0.3) is 0 Å². The van der Waals surface area contributed by atoms with E-state index in [0.717, 1.165) is 18.1 Å². The molecule has 0 aliphatic heterocycles. The van der Waals surface area contributed by atoms with E-state index in [9.17, 15) is 0 Å². The van der Waals surface area contributed by atoms with E-state index in [-0.39, 0.29) is 0 Å². The van der Waals surface area contributed by atoms with Crippen LogP contribution in [-0.4, -0.2) is 12.7 Å². The lowest BCUT2D eigenvalue weighted by Gasteiger charge is -2.26. The topological polar surface area (TPSA) is 9.23 Å². The molecule has 0 aromatic rings. The summed E-state index contributed by atoms with van der Waals surface area (Å²) < 4.78 is 5.72. The van der Waals surface area contributed by atoms with Crippen molar-refractivity contribution in [3.8, 4) is 0 Å². The second-order valence-electron chi connectivity index (χ2n) is 4.16. The van der Waals surface area contributed by atoms with Crippen molar-refractivity contribution in [1.82, 2.24) is 0 Å². The predicted octanol–water partition coefficient (Wildman–Crippen LogP) is 3.16. The number of rotatable bonds is 3. The lowest BCUT2D eigenvalue weighted by Crippen LogP contribution is -2.21. The van der Waals surface area contributed by atoms with Crippen molar-refractivity contribution in [2.24, 2.45) is 5.92 Å². The zero-order valence-corrected chi connectivity index (χ0v) is 8.31. The Morgan fingerprint density at radius 1 is 1.50 bits per heavy atom. The van der Waals surface area contributed by atoms with Crippen LogP contribution in [0.1, 0.15) is 39.5 Å². The highest BCUT2D eigenvalue weighted by Gasteiger charge is 2.18. The molecular weight excluding hydrogens is 148 g/mol. The van der Waals surface area contributed by atoms with Gasteiger partial charge in [-0.15, -0.1) is 0 Å². The van der Waals surface area contributed by atoms with Crippen LogP contribution in [0, 0.1) is 5.92 Å². The van der Waals surface area contributed by atoms with Crippen LogP contribution in [0.5, 0.6) is 0 Å². The number of hydrogen-bond donors (Lipinski definition) is 0. The van der Waals surface area contributed by atoms with Gasteiger partial charge >= 0.3 is 0 Å². The van der Waals surface area contributed by atoms with Gasteiger partial charge in [-0.1, -0.05) is 31.9 Å². The molecule has 12 heavy (non-hydrogen) atoms. The zero-order chi connectivity index (χ0) is 8.97. The van der Waals surface area contributed by atoms with Gasteiger partial charge in [-0.25, -0.2) is 0 Å². The molecule has 1 aliphatic carbocycles. The molecule has 1 rings (SSSR count). The second kappa shape index (κ2) is 4.66. The third-order valence-electron chi connectivity index (χ3n) is 2.45. The molecule has 0 aromatic heterocycles. The van der Waals surface area contributed by atoms with Gasteiger partial charge in [-0.05, 0) is 25.7 Å². The first-order valence-corrected chi connectivity index (χ1v) is 4.94. The van der Waals surface area contributed by atoms with Crippen molar-refractivity contribution in [2.45, 2.75) is 45.6 Å². The van der Waals surface area contributed by atoms with Crippen LogP contribution in [0.3, 0.4) is 0 Å². The van der Waals surface area contributed by atoms with Crippen molar-refractivity contribution in [3.05, 3.63) is 12.2 Å². The van der Waals surface area contributed by atoms with Crippen LogP contribution in [0.15, 0.2) is 12.2 Å². The normalized spacial score (nSPS) is 30.2. The van der Waals surface area contributed by atoms with Gasteiger partial charge in [0.2, 0.25) is 0 Å². The molecule has 2 unspecified atom stereocenters. The minimum atomic E-state index is 0.505. The summed E-state index contributed by atoms with van der Waals surface area (Å²) in [5.74, 6) is 0.855. The summed E-state index contributed by atoms with van der Waals surface area (Å²) in [4.78, 5) is 0. The Morgan fingerprint density at radius 3 is 2.83 bits per heavy atom. The highest BCUT2D eigenvalue weighted by molar-refractivity contribution is 4.88. The molecule has 0 N–H and O–H groups in total. The van der Waals surface area contributed by atoms with Crippen LogP contribution in [0.4, 0.5) is 0 Å². The molecule has 0 amide bonds. The summed E-state index contributed by atoms with van der Waals surface area (Å²) in [6.45, 7) is 8.92. The first-order valence-electron chi connectivity index (χ1n) is 4.94. The van der Waals surface area contributed by atoms with Crippen LogP contribution in [0.2, 0.25) is 0 Å². The van der Waals surface area contributed by atoms with E-state index in [2.05, 4.69) is 13.5 Å². The minimum absolute atomic E-state index is 0.505. The first kappa shape index (κ1) is 9.79. The monoisotopic (exact) mass is 168 g/mol. The van der Waals surface area contributed by atoms with Crippen molar-refractivity contribution < 1.29 is 4.74 Å². The van der Waals surface area contributed by atoms with Gasteiger partial charge < -0.3 is 4.74 Å². The SMILES string of the molecule is C=C(C)COC1CCCC(C)C1. The molecule has 0 heterocycles. The minimum Gasteiger partial charge on any atom is -0.374 e. The Hall–Kier alpha value is -0.300. The molecule has 2 atom stereocenters.